The lowest BCUT2D eigenvalue weighted by Gasteiger charge is -2.09. The number of hydrogen-bond donors (Lipinski definition) is 3. The average Bonchev–Trinajstić information content (AvgIpc) is 2.42. The van der Waals surface area contributed by atoms with Crippen LogP contribution in [-0.2, 0) is 9.59 Å². The topological polar surface area (TPSA) is 95.5 Å². The van der Waals surface area contributed by atoms with E-state index in [0.29, 0.717) is 23.6 Å². The van der Waals surface area contributed by atoms with E-state index in [9.17, 15) is 14.4 Å². The zero-order valence-electron chi connectivity index (χ0n) is 13.1. The van der Waals surface area contributed by atoms with Crippen molar-refractivity contribution in [3.63, 3.8) is 0 Å². The van der Waals surface area contributed by atoms with Crippen LogP contribution >= 0.6 is 0 Å². The van der Waals surface area contributed by atoms with E-state index in [-0.39, 0.29) is 23.9 Å². The summed E-state index contributed by atoms with van der Waals surface area (Å²) in [5.74, 6) is -1.07. The molecule has 0 heterocycles. The molecule has 0 saturated carbocycles. The van der Waals surface area contributed by atoms with Crippen LogP contribution in [0.2, 0.25) is 0 Å². The lowest BCUT2D eigenvalue weighted by Crippen LogP contribution is -2.32. The van der Waals surface area contributed by atoms with Gasteiger partial charge in [0.2, 0.25) is 11.8 Å². The molecule has 0 aliphatic heterocycles. The van der Waals surface area contributed by atoms with Crippen molar-refractivity contribution < 1.29 is 19.5 Å². The van der Waals surface area contributed by atoms with Gasteiger partial charge in [0.15, 0.2) is 0 Å². The number of carbonyl (C=O) groups is 3. The third-order valence-corrected chi connectivity index (χ3v) is 3.14. The molecule has 120 valence electrons. The zero-order chi connectivity index (χ0) is 16.7. The molecule has 0 unspecified atom stereocenters. The Bertz CT molecular complexity index is 567. The van der Waals surface area contributed by atoms with Gasteiger partial charge in [-0.3, -0.25) is 9.59 Å². The van der Waals surface area contributed by atoms with E-state index >= 15 is 0 Å². The molecule has 1 aromatic carbocycles. The molecule has 2 amide bonds. The van der Waals surface area contributed by atoms with Crippen molar-refractivity contribution >= 4 is 23.5 Å². The highest BCUT2D eigenvalue weighted by atomic mass is 16.4. The van der Waals surface area contributed by atoms with Crippen molar-refractivity contribution in [1.82, 2.24) is 5.32 Å². The molecular formula is C16H22N2O4. The molecular weight excluding hydrogens is 284 g/mol. The normalized spacial score (nSPS) is 10.4. The maximum absolute atomic E-state index is 11.7. The number of nitrogens with one attached hydrogen (secondary N) is 2. The maximum Gasteiger partial charge on any atom is 0.335 e. The van der Waals surface area contributed by atoms with Crippen LogP contribution in [0, 0.1) is 12.8 Å². The third-order valence-electron chi connectivity index (χ3n) is 3.14. The minimum atomic E-state index is -1.01. The van der Waals surface area contributed by atoms with E-state index in [2.05, 4.69) is 10.6 Å². The Morgan fingerprint density at radius 2 is 1.86 bits per heavy atom. The third kappa shape index (κ3) is 5.95. The standard InChI is InChI=1S/C16H22N2O4/c1-10(2)4-7-14(19)17-9-15(20)18-12-5-6-13(16(21)22)11(3)8-12/h5-6,8,10H,4,7,9H2,1-3H3,(H,17,19)(H,18,20)(H,21,22). The molecule has 0 aliphatic carbocycles. The van der Waals surface area contributed by atoms with Crippen LogP contribution in [0.3, 0.4) is 0 Å². The first-order valence-corrected chi connectivity index (χ1v) is 7.20. The highest BCUT2D eigenvalue weighted by molar-refractivity contribution is 5.95. The van der Waals surface area contributed by atoms with Crippen LogP contribution in [-0.4, -0.2) is 29.4 Å². The highest BCUT2D eigenvalue weighted by Gasteiger charge is 2.10. The van der Waals surface area contributed by atoms with E-state index in [1.807, 2.05) is 13.8 Å². The fourth-order valence-electron chi connectivity index (χ4n) is 1.87. The minimum Gasteiger partial charge on any atom is -0.478 e. The van der Waals surface area contributed by atoms with E-state index in [0.717, 1.165) is 6.42 Å². The molecule has 0 bridgehead atoms. The van der Waals surface area contributed by atoms with E-state index in [1.54, 1.807) is 13.0 Å². The number of carbonyl (C=O) groups excluding carboxylic acids is 2. The number of amides is 2. The van der Waals surface area contributed by atoms with Crippen LogP contribution in [0.4, 0.5) is 5.69 Å². The van der Waals surface area contributed by atoms with Crippen LogP contribution in [0.1, 0.15) is 42.6 Å². The van der Waals surface area contributed by atoms with Crippen LogP contribution in [0.25, 0.3) is 0 Å². The zero-order valence-corrected chi connectivity index (χ0v) is 13.1. The number of anilines is 1. The maximum atomic E-state index is 11.7. The van der Waals surface area contributed by atoms with Gasteiger partial charge in [-0.2, -0.15) is 0 Å². The Morgan fingerprint density at radius 1 is 1.18 bits per heavy atom. The summed E-state index contributed by atoms with van der Waals surface area (Å²) in [6, 6.07) is 4.55. The molecule has 1 aromatic rings. The van der Waals surface area contributed by atoms with Gasteiger partial charge >= 0.3 is 5.97 Å². The van der Waals surface area contributed by atoms with Gasteiger partial charge in [-0.05, 0) is 43.0 Å². The van der Waals surface area contributed by atoms with Crippen molar-refractivity contribution in [3.8, 4) is 0 Å². The van der Waals surface area contributed by atoms with Gasteiger partial charge in [0.05, 0.1) is 12.1 Å². The Balaban J connectivity index is 2.47. The summed E-state index contributed by atoms with van der Waals surface area (Å²) in [6.07, 6.45) is 1.18. The van der Waals surface area contributed by atoms with Crippen molar-refractivity contribution in [1.29, 1.82) is 0 Å². The van der Waals surface area contributed by atoms with E-state index in [1.165, 1.54) is 12.1 Å². The number of carboxylic acid groups (broad SMARTS) is 1. The average molecular weight is 306 g/mol. The molecule has 22 heavy (non-hydrogen) atoms. The summed E-state index contributed by atoms with van der Waals surface area (Å²) in [5.41, 5.74) is 1.26. The molecule has 0 atom stereocenters. The number of hydrogen-bond acceptors (Lipinski definition) is 3. The number of aryl methyl sites for hydroxylation is 1. The summed E-state index contributed by atoms with van der Waals surface area (Å²) in [4.78, 5) is 34.2. The smallest absolute Gasteiger partial charge is 0.335 e. The van der Waals surface area contributed by atoms with E-state index in [4.69, 9.17) is 5.11 Å². The second-order valence-corrected chi connectivity index (χ2v) is 5.59. The molecule has 6 heteroatoms. The van der Waals surface area contributed by atoms with Gasteiger partial charge in [-0.1, -0.05) is 13.8 Å². The minimum absolute atomic E-state index is 0.101. The van der Waals surface area contributed by atoms with Crippen molar-refractivity contribution in [2.24, 2.45) is 5.92 Å². The van der Waals surface area contributed by atoms with Gasteiger partial charge in [0, 0.05) is 12.1 Å². The molecule has 0 spiro atoms. The quantitative estimate of drug-likeness (QED) is 0.719. The fourth-order valence-corrected chi connectivity index (χ4v) is 1.87. The number of rotatable bonds is 7. The van der Waals surface area contributed by atoms with Gasteiger partial charge < -0.3 is 15.7 Å². The Labute approximate surface area is 129 Å². The summed E-state index contributed by atoms with van der Waals surface area (Å²) >= 11 is 0. The van der Waals surface area contributed by atoms with Gasteiger partial charge in [0.25, 0.3) is 0 Å². The molecule has 6 nitrogen and oxygen atoms in total. The number of benzene rings is 1. The number of aromatic carboxylic acids is 1. The van der Waals surface area contributed by atoms with Crippen molar-refractivity contribution in [2.45, 2.75) is 33.6 Å². The van der Waals surface area contributed by atoms with Crippen molar-refractivity contribution in [2.75, 3.05) is 11.9 Å². The van der Waals surface area contributed by atoms with E-state index < -0.39 is 5.97 Å². The predicted molar refractivity (Wildman–Crippen MR) is 83.8 cm³/mol. The first-order chi connectivity index (χ1) is 10.3. The fraction of sp³-hybridized carbons (Fsp3) is 0.438. The number of carboxylic acids is 1. The monoisotopic (exact) mass is 306 g/mol. The van der Waals surface area contributed by atoms with Crippen LogP contribution < -0.4 is 10.6 Å². The lowest BCUT2D eigenvalue weighted by molar-refractivity contribution is -0.124. The summed E-state index contributed by atoms with van der Waals surface area (Å²) in [7, 11) is 0. The second kappa shape index (κ2) is 8.17. The molecule has 3 N–H and O–H groups in total. The SMILES string of the molecule is Cc1cc(NC(=O)CNC(=O)CCC(C)C)ccc1C(=O)O. The van der Waals surface area contributed by atoms with Gasteiger partial charge in [0.1, 0.15) is 0 Å². The highest BCUT2D eigenvalue weighted by Crippen LogP contribution is 2.15. The summed E-state index contributed by atoms with van der Waals surface area (Å²) in [6.45, 7) is 5.62. The molecule has 1 rings (SSSR count). The first kappa shape index (κ1) is 17.7. The Kier molecular flexibility index (Phi) is 6.56. The molecule has 0 saturated heterocycles. The summed E-state index contributed by atoms with van der Waals surface area (Å²) < 4.78 is 0. The predicted octanol–water partition coefficient (Wildman–Crippen LogP) is 2.18. The summed E-state index contributed by atoms with van der Waals surface area (Å²) in [5, 5.41) is 14.1. The van der Waals surface area contributed by atoms with Crippen LogP contribution in [0.5, 0.6) is 0 Å². The molecule has 0 fully saturated rings. The molecule has 0 aliphatic rings. The van der Waals surface area contributed by atoms with Crippen molar-refractivity contribution in [3.05, 3.63) is 29.3 Å². The molecule has 0 radical (unpaired) electrons. The second-order valence-electron chi connectivity index (χ2n) is 5.59. The van der Waals surface area contributed by atoms with Gasteiger partial charge in [-0.15, -0.1) is 0 Å². The molecule has 0 aromatic heterocycles. The van der Waals surface area contributed by atoms with Gasteiger partial charge in [-0.25, -0.2) is 4.79 Å². The Morgan fingerprint density at radius 3 is 2.41 bits per heavy atom. The first-order valence-electron chi connectivity index (χ1n) is 7.20. The largest absolute Gasteiger partial charge is 0.478 e. The Hall–Kier alpha value is -2.37. The lowest BCUT2D eigenvalue weighted by atomic mass is 10.1. The van der Waals surface area contributed by atoms with Crippen LogP contribution in [0.15, 0.2) is 18.2 Å².